The third-order valence-electron chi connectivity index (χ3n) is 2.99. The molecule has 0 amide bonds. The maximum atomic E-state index is 13.5. The number of aliphatic hydroxyl groups excluding tert-OH is 1. The molecule has 2 aromatic rings. The number of hydrogen-bond acceptors (Lipinski definition) is 4. The molecule has 1 aromatic heterocycles. The van der Waals surface area contributed by atoms with Crippen LogP contribution in [0.1, 0.15) is 17.2 Å². The molecular weight excluding hydrogens is 299 g/mol. The molecule has 0 saturated heterocycles. The van der Waals surface area contributed by atoms with Crippen LogP contribution in [0, 0.1) is 5.82 Å². The normalized spacial score (nSPS) is 12.6. The topological polar surface area (TPSA) is 59.3 Å². The summed E-state index contributed by atoms with van der Waals surface area (Å²) in [5.41, 5.74) is 1.22. The quantitative estimate of drug-likeness (QED) is 0.820. The second-order valence-electron chi connectivity index (χ2n) is 4.74. The second kappa shape index (κ2) is 7.28. The number of nitrogens with zero attached hydrogens (tertiary/aromatic N) is 2. The van der Waals surface area contributed by atoms with Crippen molar-refractivity contribution in [3.05, 3.63) is 47.5 Å². The summed E-state index contributed by atoms with van der Waals surface area (Å²) < 4.78 is 43.2. The number of aliphatic hydroxyl groups is 1. The first-order valence-corrected chi connectivity index (χ1v) is 6.56. The lowest BCUT2D eigenvalue weighted by molar-refractivity contribution is -0.0522. The zero-order chi connectivity index (χ0) is 16.1. The molecular formula is C14H16F3N3O2. The fraction of sp³-hybridized carbons (Fsp3) is 0.357. The second-order valence-corrected chi connectivity index (χ2v) is 4.74. The Morgan fingerprint density at radius 3 is 2.77 bits per heavy atom. The van der Waals surface area contributed by atoms with Gasteiger partial charge in [-0.3, -0.25) is 4.68 Å². The number of ether oxygens (including phenoxy) is 1. The van der Waals surface area contributed by atoms with E-state index in [4.69, 9.17) is 0 Å². The molecule has 2 N–H and O–H groups in total. The van der Waals surface area contributed by atoms with Crippen LogP contribution < -0.4 is 10.1 Å². The van der Waals surface area contributed by atoms with Crippen LogP contribution in [0.4, 0.5) is 13.2 Å². The van der Waals surface area contributed by atoms with E-state index >= 15 is 0 Å². The highest BCUT2D eigenvalue weighted by Gasteiger charge is 2.11. The molecule has 1 aromatic carbocycles. The van der Waals surface area contributed by atoms with Crippen molar-refractivity contribution in [1.29, 1.82) is 0 Å². The van der Waals surface area contributed by atoms with Crippen molar-refractivity contribution in [2.24, 2.45) is 7.05 Å². The van der Waals surface area contributed by atoms with E-state index in [0.29, 0.717) is 11.1 Å². The number of halogens is 3. The van der Waals surface area contributed by atoms with E-state index in [1.165, 1.54) is 6.07 Å². The Morgan fingerprint density at radius 2 is 2.18 bits per heavy atom. The summed E-state index contributed by atoms with van der Waals surface area (Å²) in [5.74, 6) is -1.35. The van der Waals surface area contributed by atoms with Crippen molar-refractivity contribution < 1.29 is 23.0 Å². The lowest BCUT2D eigenvalue weighted by atomic mass is 10.2. The maximum absolute atomic E-state index is 13.5. The summed E-state index contributed by atoms with van der Waals surface area (Å²) in [5, 5.41) is 16.8. The summed E-state index contributed by atoms with van der Waals surface area (Å²) in [6.07, 6.45) is 2.52. The Labute approximate surface area is 125 Å². The predicted molar refractivity (Wildman–Crippen MR) is 72.9 cm³/mol. The lowest BCUT2D eigenvalue weighted by Crippen LogP contribution is -2.21. The number of aromatic nitrogens is 2. The molecule has 0 aliphatic rings. The Balaban J connectivity index is 1.85. The minimum absolute atomic E-state index is 0.253. The molecule has 120 valence electrons. The van der Waals surface area contributed by atoms with Crippen molar-refractivity contribution in [1.82, 2.24) is 15.1 Å². The molecule has 0 bridgehead atoms. The predicted octanol–water partition coefficient (Wildman–Crippen LogP) is 1.98. The average Bonchev–Trinajstić information content (AvgIpc) is 2.88. The number of rotatable bonds is 7. The number of hydrogen-bond donors (Lipinski definition) is 2. The average molecular weight is 315 g/mol. The van der Waals surface area contributed by atoms with E-state index in [-0.39, 0.29) is 13.1 Å². The summed E-state index contributed by atoms with van der Waals surface area (Å²) >= 11 is 0. The van der Waals surface area contributed by atoms with Crippen molar-refractivity contribution in [3.8, 4) is 5.75 Å². The largest absolute Gasteiger partial charge is 0.432 e. The number of aryl methyl sites for hydroxylation is 1. The maximum Gasteiger partial charge on any atom is 0.387 e. The van der Waals surface area contributed by atoms with Gasteiger partial charge in [0.1, 0.15) is 0 Å². The highest BCUT2D eigenvalue weighted by Crippen LogP contribution is 2.20. The van der Waals surface area contributed by atoms with Crippen molar-refractivity contribution >= 4 is 0 Å². The standard InChI is InChI=1S/C14H16F3N3O2/c1-20-8-10(6-19-20)12(21)7-18-5-9-2-3-13(11(15)4-9)22-14(16)17/h2-4,6,8,12,14,18,21H,5,7H2,1H3/t12-/m1/s1. The van der Waals surface area contributed by atoms with Gasteiger partial charge in [-0.15, -0.1) is 0 Å². The van der Waals surface area contributed by atoms with Crippen molar-refractivity contribution in [3.63, 3.8) is 0 Å². The first-order chi connectivity index (χ1) is 10.5. The van der Waals surface area contributed by atoms with Gasteiger partial charge < -0.3 is 15.2 Å². The van der Waals surface area contributed by atoms with Crippen LogP contribution >= 0.6 is 0 Å². The van der Waals surface area contributed by atoms with Gasteiger partial charge in [0, 0.05) is 31.9 Å². The Kier molecular flexibility index (Phi) is 5.40. The van der Waals surface area contributed by atoms with Gasteiger partial charge in [-0.1, -0.05) is 6.07 Å². The third-order valence-corrected chi connectivity index (χ3v) is 2.99. The SMILES string of the molecule is Cn1cc([C@H](O)CNCc2ccc(OC(F)F)c(F)c2)cn1. The minimum atomic E-state index is -3.06. The minimum Gasteiger partial charge on any atom is -0.432 e. The Hall–Kier alpha value is -2.06. The van der Waals surface area contributed by atoms with Gasteiger partial charge in [0.25, 0.3) is 0 Å². The fourth-order valence-corrected chi connectivity index (χ4v) is 1.93. The lowest BCUT2D eigenvalue weighted by Gasteiger charge is -2.11. The molecule has 5 nitrogen and oxygen atoms in total. The van der Waals surface area contributed by atoms with Gasteiger partial charge in [0.15, 0.2) is 11.6 Å². The molecule has 22 heavy (non-hydrogen) atoms. The van der Waals surface area contributed by atoms with Crippen LogP contribution in [0.2, 0.25) is 0 Å². The molecule has 0 fully saturated rings. The molecule has 0 spiro atoms. The number of benzene rings is 1. The van der Waals surface area contributed by atoms with Gasteiger partial charge >= 0.3 is 6.61 Å². The van der Waals surface area contributed by atoms with E-state index in [0.717, 1.165) is 12.1 Å². The fourth-order valence-electron chi connectivity index (χ4n) is 1.93. The zero-order valence-corrected chi connectivity index (χ0v) is 11.8. The van der Waals surface area contributed by atoms with Gasteiger partial charge in [0.2, 0.25) is 0 Å². The van der Waals surface area contributed by atoms with Gasteiger partial charge in [-0.05, 0) is 17.7 Å². The van der Waals surface area contributed by atoms with Crippen molar-refractivity contribution in [2.45, 2.75) is 19.3 Å². The Morgan fingerprint density at radius 1 is 1.41 bits per heavy atom. The first kappa shape index (κ1) is 16.3. The molecule has 0 aliphatic carbocycles. The van der Waals surface area contributed by atoms with Crippen LogP contribution in [0.15, 0.2) is 30.6 Å². The number of nitrogens with one attached hydrogen (secondary N) is 1. The van der Waals surface area contributed by atoms with Crippen LogP contribution in [0.3, 0.4) is 0 Å². The first-order valence-electron chi connectivity index (χ1n) is 6.56. The summed E-state index contributed by atoms with van der Waals surface area (Å²) in [6, 6.07) is 3.74. The van der Waals surface area contributed by atoms with E-state index in [2.05, 4.69) is 15.2 Å². The van der Waals surface area contributed by atoms with Gasteiger partial charge in [-0.25, -0.2) is 4.39 Å². The molecule has 1 heterocycles. The van der Waals surface area contributed by atoms with Crippen molar-refractivity contribution in [2.75, 3.05) is 6.54 Å². The van der Waals surface area contributed by atoms with Crippen LogP contribution in [-0.2, 0) is 13.6 Å². The van der Waals surface area contributed by atoms with Crippen LogP contribution in [0.5, 0.6) is 5.75 Å². The van der Waals surface area contributed by atoms with E-state index in [1.54, 1.807) is 24.1 Å². The highest BCUT2D eigenvalue weighted by atomic mass is 19.3. The smallest absolute Gasteiger partial charge is 0.387 e. The summed E-state index contributed by atoms with van der Waals surface area (Å²) in [4.78, 5) is 0. The third kappa shape index (κ3) is 4.47. The summed E-state index contributed by atoms with van der Waals surface area (Å²) in [6.45, 7) is -2.53. The van der Waals surface area contributed by atoms with Crippen LogP contribution in [-0.4, -0.2) is 28.0 Å². The van der Waals surface area contributed by atoms with E-state index in [9.17, 15) is 18.3 Å². The molecule has 2 rings (SSSR count). The van der Waals surface area contributed by atoms with Crippen LogP contribution in [0.25, 0.3) is 0 Å². The number of alkyl halides is 2. The monoisotopic (exact) mass is 315 g/mol. The van der Waals surface area contributed by atoms with Gasteiger partial charge in [0.05, 0.1) is 12.3 Å². The molecule has 0 saturated carbocycles. The highest BCUT2D eigenvalue weighted by molar-refractivity contribution is 5.29. The van der Waals surface area contributed by atoms with Gasteiger partial charge in [-0.2, -0.15) is 13.9 Å². The molecule has 1 atom stereocenters. The van der Waals surface area contributed by atoms with E-state index < -0.39 is 24.3 Å². The zero-order valence-electron chi connectivity index (χ0n) is 11.8. The molecule has 0 aliphatic heterocycles. The Bertz CT molecular complexity index is 619. The summed E-state index contributed by atoms with van der Waals surface area (Å²) in [7, 11) is 1.75. The van der Waals surface area contributed by atoms with E-state index in [1.807, 2.05) is 0 Å². The molecule has 0 unspecified atom stereocenters. The molecule has 0 radical (unpaired) electrons. The molecule has 8 heteroatoms.